The molecule has 0 radical (unpaired) electrons. The van der Waals surface area contributed by atoms with Crippen molar-refractivity contribution in [2.24, 2.45) is 5.92 Å². The quantitative estimate of drug-likeness (QED) is 0.592. The van der Waals surface area contributed by atoms with Crippen molar-refractivity contribution in [3.05, 3.63) is 28.3 Å². The number of nitrogens with one attached hydrogen (secondary N) is 1. The number of aliphatic carboxylic acids is 1. The van der Waals surface area contributed by atoms with Crippen molar-refractivity contribution in [2.75, 3.05) is 19.0 Å². The fourth-order valence-electron chi connectivity index (χ4n) is 1.29. The lowest BCUT2D eigenvalue weighted by molar-refractivity contribution is -0.384. The zero-order chi connectivity index (χ0) is 13.7. The molecule has 2 N–H and O–H groups in total. The lowest BCUT2D eigenvalue weighted by atomic mass is 10.1. The summed E-state index contributed by atoms with van der Waals surface area (Å²) < 4.78 is 4.96. The lowest BCUT2D eigenvalue weighted by Gasteiger charge is -2.11. The Morgan fingerprint density at radius 3 is 2.78 bits per heavy atom. The number of nitro groups is 1. The topological polar surface area (TPSA) is 102 Å². The van der Waals surface area contributed by atoms with Gasteiger partial charge in [0.15, 0.2) is 0 Å². The van der Waals surface area contributed by atoms with E-state index in [0.29, 0.717) is 5.75 Å². The molecule has 1 aromatic carbocycles. The number of methoxy groups -OCH3 is 1. The number of anilines is 1. The molecule has 0 fully saturated rings. The van der Waals surface area contributed by atoms with Gasteiger partial charge < -0.3 is 15.2 Å². The van der Waals surface area contributed by atoms with Crippen LogP contribution in [0, 0.1) is 16.0 Å². The second-order valence-corrected chi connectivity index (χ2v) is 3.76. The van der Waals surface area contributed by atoms with Crippen molar-refractivity contribution < 1.29 is 19.6 Å². The molecular weight excluding hydrogens is 240 g/mol. The van der Waals surface area contributed by atoms with E-state index in [0.717, 1.165) is 0 Å². The average Bonchev–Trinajstić information content (AvgIpc) is 2.34. The average molecular weight is 254 g/mol. The third kappa shape index (κ3) is 3.34. The molecule has 0 aromatic heterocycles. The van der Waals surface area contributed by atoms with Gasteiger partial charge >= 0.3 is 5.97 Å². The molecule has 1 rings (SSSR count). The molecule has 0 unspecified atom stereocenters. The molecule has 98 valence electrons. The van der Waals surface area contributed by atoms with E-state index in [1.807, 2.05) is 0 Å². The molecule has 0 aliphatic rings. The molecule has 1 atom stereocenters. The molecule has 1 aromatic rings. The Morgan fingerprint density at radius 1 is 1.61 bits per heavy atom. The predicted molar refractivity (Wildman–Crippen MR) is 64.9 cm³/mol. The highest BCUT2D eigenvalue weighted by atomic mass is 16.6. The van der Waals surface area contributed by atoms with Gasteiger partial charge in [0.1, 0.15) is 11.4 Å². The SMILES string of the molecule is COc1ccc([N+](=O)[O-])c(NC[C@@H](C)C(=O)O)c1. The lowest BCUT2D eigenvalue weighted by Crippen LogP contribution is -2.20. The second-order valence-electron chi connectivity index (χ2n) is 3.76. The first-order chi connectivity index (χ1) is 8.45. The zero-order valence-corrected chi connectivity index (χ0v) is 10.0. The Kier molecular flexibility index (Phi) is 4.47. The molecule has 0 heterocycles. The van der Waals surface area contributed by atoms with E-state index in [9.17, 15) is 14.9 Å². The third-order valence-corrected chi connectivity index (χ3v) is 2.42. The van der Waals surface area contributed by atoms with Crippen LogP contribution in [0.4, 0.5) is 11.4 Å². The Balaban J connectivity index is 2.90. The number of carbonyl (C=O) groups is 1. The smallest absolute Gasteiger partial charge is 0.308 e. The number of hydrogen-bond acceptors (Lipinski definition) is 5. The largest absolute Gasteiger partial charge is 0.497 e. The molecule has 0 amide bonds. The Morgan fingerprint density at radius 2 is 2.28 bits per heavy atom. The van der Waals surface area contributed by atoms with Gasteiger partial charge in [-0.15, -0.1) is 0 Å². The standard InChI is InChI=1S/C11H14N2O5/c1-7(11(14)15)6-12-9-5-8(18-2)3-4-10(9)13(16)17/h3-5,7,12H,6H2,1-2H3,(H,14,15)/t7-/m1/s1. The first-order valence-corrected chi connectivity index (χ1v) is 5.24. The monoisotopic (exact) mass is 254 g/mol. The summed E-state index contributed by atoms with van der Waals surface area (Å²) in [5.74, 6) is -1.14. The van der Waals surface area contributed by atoms with Crippen LogP contribution in [0.3, 0.4) is 0 Å². The van der Waals surface area contributed by atoms with Crippen LogP contribution in [0.5, 0.6) is 5.75 Å². The molecule has 0 saturated heterocycles. The molecule has 7 nitrogen and oxygen atoms in total. The van der Waals surface area contributed by atoms with Crippen LogP contribution in [0.1, 0.15) is 6.92 Å². The molecule has 0 aliphatic carbocycles. The summed E-state index contributed by atoms with van der Waals surface area (Å²) in [5.41, 5.74) is 0.126. The van der Waals surface area contributed by atoms with E-state index in [-0.39, 0.29) is 17.9 Å². The Bertz CT molecular complexity index is 461. The minimum Gasteiger partial charge on any atom is -0.497 e. The number of carboxylic acids is 1. The predicted octanol–water partition coefficient (Wildman–Crippen LogP) is 1.74. The summed E-state index contributed by atoms with van der Waals surface area (Å²) in [4.78, 5) is 20.9. The first-order valence-electron chi connectivity index (χ1n) is 5.24. The maximum Gasteiger partial charge on any atom is 0.308 e. The number of nitro benzene ring substituents is 1. The molecule has 0 saturated carbocycles. The number of carboxylic acid groups (broad SMARTS) is 1. The van der Waals surface area contributed by atoms with Gasteiger partial charge in [-0.2, -0.15) is 0 Å². The van der Waals surface area contributed by atoms with Crippen LogP contribution in [0.2, 0.25) is 0 Å². The van der Waals surface area contributed by atoms with Gasteiger partial charge in [0.25, 0.3) is 5.69 Å². The van der Waals surface area contributed by atoms with E-state index in [2.05, 4.69) is 5.32 Å². The molecule has 0 aliphatic heterocycles. The maximum atomic E-state index is 10.8. The molecule has 0 bridgehead atoms. The molecule has 0 spiro atoms. The van der Waals surface area contributed by atoms with E-state index in [1.165, 1.54) is 32.2 Å². The van der Waals surface area contributed by atoms with E-state index >= 15 is 0 Å². The van der Waals surface area contributed by atoms with Gasteiger partial charge in [-0.05, 0) is 6.07 Å². The van der Waals surface area contributed by atoms with Gasteiger partial charge in [-0.25, -0.2) is 0 Å². The summed E-state index contributed by atoms with van der Waals surface area (Å²) in [6, 6.07) is 4.25. The normalized spacial score (nSPS) is 11.7. The Labute approximate surface area is 104 Å². The number of nitrogens with zero attached hydrogens (tertiary/aromatic N) is 1. The zero-order valence-electron chi connectivity index (χ0n) is 10.0. The van der Waals surface area contributed by atoms with Crippen LogP contribution < -0.4 is 10.1 Å². The van der Waals surface area contributed by atoms with Crippen molar-refractivity contribution in [2.45, 2.75) is 6.92 Å². The van der Waals surface area contributed by atoms with Crippen molar-refractivity contribution >= 4 is 17.3 Å². The third-order valence-electron chi connectivity index (χ3n) is 2.42. The summed E-state index contributed by atoms with van der Waals surface area (Å²) in [7, 11) is 1.45. The highest BCUT2D eigenvalue weighted by Crippen LogP contribution is 2.28. The number of benzene rings is 1. The van der Waals surface area contributed by atoms with E-state index in [4.69, 9.17) is 9.84 Å². The number of ether oxygens (including phenoxy) is 1. The number of hydrogen-bond donors (Lipinski definition) is 2. The first kappa shape index (κ1) is 13.8. The fourth-order valence-corrected chi connectivity index (χ4v) is 1.29. The van der Waals surface area contributed by atoms with Crippen LogP contribution in [-0.4, -0.2) is 29.7 Å². The van der Waals surface area contributed by atoms with Gasteiger partial charge in [0.05, 0.1) is 18.0 Å². The Hall–Kier alpha value is -2.31. The minimum atomic E-state index is -0.965. The van der Waals surface area contributed by atoms with Gasteiger partial charge in [0.2, 0.25) is 0 Å². The summed E-state index contributed by atoms with van der Waals surface area (Å²) >= 11 is 0. The van der Waals surface area contributed by atoms with Crippen LogP contribution in [0.25, 0.3) is 0 Å². The molecular formula is C11H14N2O5. The van der Waals surface area contributed by atoms with Gasteiger partial charge in [-0.1, -0.05) is 6.92 Å². The molecule has 7 heteroatoms. The summed E-state index contributed by atoms with van der Waals surface area (Å²) in [6.07, 6.45) is 0. The van der Waals surface area contributed by atoms with Crippen LogP contribution in [0.15, 0.2) is 18.2 Å². The van der Waals surface area contributed by atoms with E-state index in [1.54, 1.807) is 0 Å². The minimum absolute atomic E-state index is 0.101. The fraction of sp³-hybridized carbons (Fsp3) is 0.364. The van der Waals surface area contributed by atoms with Crippen molar-refractivity contribution in [3.63, 3.8) is 0 Å². The van der Waals surface area contributed by atoms with Crippen molar-refractivity contribution in [3.8, 4) is 5.75 Å². The highest BCUT2D eigenvalue weighted by Gasteiger charge is 2.17. The van der Waals surface area contributed by atoms with Gasteiger partial charge in [-0.3, -0.25) is 14.9 Å². The van der Waals surface area contributed by atoms with Crippen LogP contribution >= 0.6 is 0 Å². The van der Waals surface area contributed by atoms with E-state index < -0.39 is 16.8 Å². The highest BCUT2D eigenvalue weighted by molar-refractivity contribution is 5.71. The summed E-state index contributed by atoms with van der Waals surface area (Å²) in [6.45, 7) is 1.62. The maximum absolute atomic E-state index is 10.8. The van der Waals surface area contributed by atoms with Crippen molar-refractivity contribution in [1.29, 1.82) is 0 Å². The molecule has 18 heavy (non-hydrogen) atoms. The second kappa shape index (κ2) is 5.85. The van der Waals surface area contributed by atoms with Crippen LogP contribution in [-0.2, 0) is 4.79 Å². The number of rotatable bonds is 6. The summed E-state index contributed by atoms with van der Waals surface area (Å²) in [5, 5.41) is 22.3. The van der Waals surface area contributed by atoms with Gasteiger partial charge in [0, 0.05) is 18.7 Å². The van der Waals surface area contributed by atoms with Crippen molar-refractivity contribution in [1.82, 2.24) is 0 Å².